The molecule has 1 aliphatic rings. The molecule has 19 heavy (non-hydrogen) atoms. The molecule has 0 aliphatic heterocycles. The summed E-state index contributed by atoms with van der Waals surface area (Å²) in [5.74, 6) is -0.860. The van der Waals surface area contributed by atoms with E-state index in [9.17, 15) is 9.18 Å². The van der Waals surface area contributed by atoms with Crippen LogP contribution in [0.15, 0.2) is 18.2 Å². The van der Waals surface area contributed by atoms with Crippen LogP contribution in [0.4, 0.5) is 4.39 Å². The minimum Gasteiger partial charge on any atom is -0.376 e. The zero-order valence-corrected chi connectivity index (χ0v) is 11.2. The highest BCUT2D eigenvalue weighted by Gasteiger charge is 2.15. The van der Waals surface area contributed by atoms with E-state index in [1.54, 1.807) is 13.0 Å². The van der Waals surface area contributed by atoms with Crippen molar-refractivity contribution in [3.05, 3.63) is 35.1 Å². The summed E-state index contributed by atoms with van der Waals surface area (Å²) >= 11 is 0. The van der Waals surface area contributed by atoms with Gasteiger partial charge in [-0.2, -0.15) is 0 Å². The second-order valence-electron chi connectivity index (χ2n) is 5.02. The lowest BCUT2D eigenvalue weighted by Crippen LogP contribution is -2.29. The molecule has 1 fully saturated rings. The number of hydrogen-bond acceptors (Lipinski definition) is 2. The Hall–Kier alpha value is -1.42. The molecule has 1 amide bonds. The van der Waals surface area contributed by atoms with Crippen LogP contribution in [-0.2, 0) is 4.74 Å². The Morgan fingerprint density at radius 1 is 1.42 bits per heavy atom. The maximum absolute atomic E-state index is 13.6. The number of halogens is 1. The largest absolute Gasteiger partial charge is 0.376 e. The van der Waals surface area contributed by atoms with Crippen molar-refractivity contribution < 1.29 is 13.9 Å². The van der Waals surface area contributed by atoms with Gasteiger partial charge in [0, 0.05) is 6.54 Å². The Kier molecular flexibility index (Phi) is 4.91. The minimum absolute atomic E-state index is 0.0893. The summed E-state index contributed by atoms with van der Waals surface area (Å²) in [6, 6.07) is 4.61. The molecule has 0 spiro atoms. The van der Waals surface area contributed by atoms with Crippen LogP contribution >= 0.6 is 0 Å². The Labute approximate surface area is 113 Å². The van der Waals surface area contributed by atoms with Crippen LogP contribution in [0.1, 0.15) is 41.6 Å². The molecule has 1 aliphatic carbocycles. The number of benzene rings is 1. The molecule has 0 saturated heterocycles. The number of amides is 1. The second kappa shape index (κ2) is 6.66. The van der Waals surface area contributed by atoms with E-state index in [1.807, 2.05) is 0 Å². The van der Waals surface area contributed by atoms with Crippen LogP contribution in [-0.4, -0.2) is 25.2 Å². The highest BCUT2D eigenvalue weighted by molar-refractivity contribution is 5.94. The van der Waals surface area contributed by atoms with Crippen LogP contribution in [0.3, 0.4) is 0 Å². The van der Waals surface area contributed by atoms with E-state index in [4.69, 9.17) is 4.74 Å². The van der Waals surface area contributed by atoms with Gasteiger partial charge in [0.1, 0.15) is 5.82 Å². The summed E-state index contributed by atoms with van der Waals surface area (Å²) in [7, 11) is 0. The lowest BCUT2D eigenvalue weighted by molar-refractivity contribution is 0.0581. The Morgan fingerprint density at radius 2 is 2.16 bits per heavy atom. The van der Waals surface area contributed by atoms with Crippen molar-refractivity contribution in [3.8, 4) is 0 Å². The third kappa shape index (κ3) is 4.03. The summed E-state index contributed by atoms with van der Waals surface area (Å²) in [5.41, 5.74) is 0.894. The molecule has 0 bridgehead atoms. The van der Waals surface area contributed by atoms with Gasteiger partial charge in [0.05, 0.1) is 18.3 Å². The van der Waals surface area contributed by atoms with E-state index >= 15 is 0 Å². The average molecular weight is 265 g/mol. The van der Waals surface area contributed by atoms with Gasteiger partial charge < -0.3 is 10.1 Å². The monoisotopic (exact) mass is 265 g/mol. The average Bonchev–Trinajstić information content (AvgIpc) is 2.87. The zero-order valence-electron chi connectivity index (χ0n) is 11.2. The predicted molar refractivity (Wildman–Crippen MR) is 71.7 cm³/mol. The molecule has 3 nitrogen and oxygen atoms in total. The summed E-state index contributed by atoms with van der Waals surface area (Å²) < 4.78 is 19.2. The lowest BCUT2D eigenvalue weighted by atomic mass is 10.1. The number of aryl methyl sites for hydroxylation is 1. The van der Waals surface area contributed by atoms with E-state index in [2.05, 4.69) is 5.32 Å². The second-order valence-corrected chi connectivity index (χ2v) is 5.02. The van der Waals surface area contributed by atoms with Gasteiger partial charge in [-0.25, -0.2) is 4.39 Å². The van der Waals surface area contributed by atoms with E-state index in [0.717, 1.165) is 18.4 Å². The fraction of sp³-hybridized carbons (Fsp3) is 0.533. The molecule has 0 unspecified atom stereocenters. The van der Waals surface area contributed by atoms with Crippen LogP contribution in [0.5, 0.6) is 0 Å². The molecule has 0 atom stereocenters. The Morgan fingerprint density at radius 3 is 2.84 bits per heavy atom. The molecular formula is C15H20FNO2. The van der Waals surface area contributed by atoms with Gasteiger partial charge >= 0.3 is 0 Å². The fourth-order valence-corrected chi connectivity index (χ4v) is 2.34. The van der Waals surface area contributed by atoms with Crippen LogP contribution in [0.2, 0.25) is 0 Å². The molecule has 0 radical (unpaired) electrons. The van der Waals surface area contributed by atoms with E-state index in [0.29, 0.717) is 19.3 Å². The smallest absolute Gasteiger partial charge is 0.254 e. The number of ether oxygens (including phenoxy) is 1. The van der Waals surface area contributed by atoms with Gasteiger partial charge in [-0.3, -0.25) is 4.79 Å². The van der Waals surface area contributed by atoms with Crippen LogP contribution in [0, 0.1) is 12.7 Å². The predicted octanol–water partition coefficient (Wildman–Crippen LogP) is 2.82. The quantitative estimate of drug-likeness (QED) is 0.831. The van der Waals surface area contributed by atoms with Gasteiger partial charge in [-0.1, -0.05) is 18.9 Å². The van der Waals surface area contributed by atoms with Crippen LogP contribution < -0.4 is 5.32 Å². The summed E-state index contributed by atoms with van der Waals surface area (Å²) in [6.07, 6.45) is 5.02. The van der Waals surface area contributed by atoms with Crippen LogP contribution in [0.25, 0.3) is 0 Å². The number of carbonyl (C=O) groups excluding carboxylic acids is 1. The summed E-state index contributed by atoms with van der Waals surface area (Å²) in [6.45, 7) is 2.70. The van der Waals surface area contributed by atoms with E-state index in [1.165, 1.54) is 25.0 Å². The normalized spacial score (nSPS) is 15.7. The third-order valence-corrected chi connectivity index (χ3v) is 3.41. The van der Waals surface area contributed by atoms with E-state index < -0.39 is 5.82 Å². The molecule has 2 rings (SSSR count). The molecule has 0 heterocycles. The fourth-order valence-electron chi connectivity index (χ4n) is 2.34. The molecular weight excluding hydrogens is 245 g/mol. The SMILES string of the molecule is Cc1ccc(C(=O)NCCOC2CCCC2)c(F)c1. The van der Waals surface area contributed by atoms with Crippen molar-refractivity contribution in [2.75, 3.05) is 13.2 Å². The maximum atomic E-state index is 13.6. The number of carbonyl (C=O) groups is 1. The lowest BCUT2D eigenvalue weighted by Gasteiger charge is -2.11. The van der Waals surface area contributed by atoms with Gasteiger partial charge in [0.15, 0.2) is 0 Å². The molecule has 104 valence electrons. The minimum atomic E-state index is -0.478. The first-order valence-corrected chi connectivity index (χ1v) is 6.83. The van der Waals surface area contributed by atoms with Crippen molar-refractivity contribution in [2.24, 2.45) is 0 Å². The van der Waals surface area contributed by atoms with Crippen molar-refractivity contribution in [2.45, 2.75) is 38.7 Å². The molecule has 1 N–H and O–H groups in total. The molecule has 1 aromatic rings. The first kappa shape index (κ1) is 14.0. The summed E-state index contributed by atoms with van der Waals surface area (Å²) in [4.78, 5) is 11.8. The van der Waals surface area contributed by atoms with Gasteiger partial charge in [0.2, 0.25) is 0 Å². The van der Waals surface area contributed by atoms with Crippen molar-refractivity contribution in [3.63, 3.8) is 0 Å². The molecule has 1 aromatic carbocycles. The summed E-state index contributed by atoms with van der Waals surface area (Å²) in [5, 5.41) is 2.68. The zero-order chi connectivity index (χ0) is 13.7. The van der Waals surface area contributed by atoms with Gasteiger partial charge in [-0.05, 0) is 37.5 Å². The van der Waals surface area contributed by atoms with Crippen molar-refractivity contribution in [1.82, 2.24) is 5.32 Å². The number of hydrogen-bond donors (Lipinski definition) is 1. The van der Waals surface area contributed by atoms with Crippen molar-refractivity contribution in [1.29, 1.82) is 0 Å². The first-order chi connectivity index (χ1) is 9.16. The first-order valence-electron chi connectivity index (χ1n) is 6.83. The third-order valence-electron chi connectivity index (χ3n) is 3.41. The standard InChI is InChI=1S/C15H20FNO2/c1-11-6-7-13(14(16)10-11)15(18)17-8-9-19-12-4-2-3-5-12/h6-7,10,12H,2-5,8-9H2,1H3,(H,17,18). The topological polar surface area (TPSA) is 38.3 Å². The van der Waals surface area contributed by atoms with Crippen molar-refractivity contribution >= 4 is 5.91 Å². The number of nitrogens with one attached hydrogen (secondary N) is 1. The highest BCUT2D eigenvalue weighted by atomic mass is 19.1. The molecule has 1 saturated carbocycles. The Bertz CT molecular complexity index is 442. The molecule has 4 heteroatoms. The maximum Gasteiger partial charge on any atom is 0.254 e. The Balaban J connectivity index is 1.74. The van der Waals surface area contributed by atoms with E-state index in [-0.39, 0.29) is 11.5 Å². The highest BCUT2D eigenvalue weighted by Crippen LogP contribution is 2.20. The van der Waals surface area contributed by atoms with Gasteiger partial charge in [0.25, 0.3) is 5.91 Å². The molecule has 0 aromatic heterocycles. The number of rotatable bonds is 5. The van der Waals surface area contributed by atoms with Gasteiger partial charge in [-0.15, -0.1) is 0 Å².